The highest BCUT2D eigenvalue weighted by Crippen LogP contribution is 2.34. The van der Waals surface area contributed by atoms with Crippen molar-refractivity contribution >= 4 is 38.8 Å². The maximum atomic E-state index is 12.3. The van der Waals surface area contributed by atoms with Gasteiger partial charge in [0.1, 0.15) is 6.61 Å². The van der Waals surface area contributed by atoms with Gasteiger partial charge in [0.15, 0.2) is 11.5 Å². The van der Waals surface area contributed by atoms with Crippen molar-refractivity contribution in [3.05, 3.63) is 87.0 Å². The van der Waals surface area contributed by atoms with E-state index in [0.29, 0.717) is 23.7 Å². The first kappa shape index (κ1) is 22.1. The van der Waals surface area contributed by atoms with E-state index in [9.17, 15) is 8.42 Å². The van der Waals surface area contributed by atoms with E-state index >= 15 is 0 Å². The molecule has 0 unspecified atom stereocenters. The van der Waals surface area contributed by atoms with Crippen molar-refractivity contribution in [1.29, 1.82) is 0 Å². The molecule has 156 valence electrons. The molecule has 3 aromatic carbocycles. The first-order chi connectivity index (χ1) is 14.4. The van der Waals surface area contributed by atoms with Gasteiger partial charge < -0.3 is 9.47 Å². The van der Waals surface area contributed by atoms with Gasteiger partial charge in [-0.05, 0) is 64.9 Å². The van der Waals surface area contributed by atoms with Crippen molar-refractivity contribution in [2.75, 3.05) is 7.11 Å². The number of sulfonamides is 1. The van der Waals surface area contributed by atoms with Crippen LogP contribution in [0.15, 0.2) is 76.7 Å². The Labute approximate surface area is 190 Å². The predicted molar refractivity (Wildman–Crippen MR) is 126 cm³/mol. The molecule has 0 amide bonds. The molecule has 0 fully saturated rings. The molecule has 0 radical (unpaired) electrons. The van der Waals surface area contributed by atoms with Crippen LogP contribution in [0.3, 0.4) is 0 Å². The third-order valence-electron chi connectivity index (χ3n) is 4.20. The van der Waals surface area contributed by atoms with Crippen LogP contribution in [0.4, 0.5) is 0 Å². The Bertz CT molecular complexity index is 1130. The van der Waals surface area contributed by atoms with Gasteiger partial charge in [0.2, 0.25) is 0 Å². The highest BCUT2D eigenvalue weighted by Gasteiger charge is 2.13. The maximum absolute atomic E-state index is 12.3. The van der Waals surface area contributed by atoms with E-state index in [4.69, 9.17) is 9.47 Å². The van der Waals surface area contributed by atoms with Gasteiger partial charge in [0.25, 0.3) is 10.0 Å². The number of aryl methyl sites for hydroxylation is 1. The monoisotopic (exact) mass is 536 g/mol. The standard InChI is InChI=1S/C22H21IN2O4S/c1-16-8-10-19(11-9-16)30(26,27)25-24-14-18-12-20(23)22(21(13-18)28-2)29-15-17-6-4-3-5-7-17/h3-14,25H,15H2,1-2H3/b24-14-. The molecule has 0 heterocycles. The van der Waals surface area contributed by atoms with E-state index in [1.54, 1.807) is 25.3 Å². The summed E-state index contributed by atoms with van der Waals surface area (Å²) in [5, 5.41) is 3.89. The number of nitrogens with one attached hydrogen (secondary N) is 1. The van der Waals surface area contributed by atoms with Crippen LogP contribution >= 0.6 is 22.6 Å². The summed E-state index contributed by atoms with van der Waals surface area (Å²) in [4.78, 5) is 2.38. The van der Waals surface area contributed by atoms with Gasteiger partial charge in [-0.1, -0.05) is 48.0 Å². The van der Waals surface area contributed by atoms with Gasteiger partial charge in [-0.2, -0.15) is 13.5 Å². The van der Waals surface area contributed by atoms with Crippen LogP contribution in [-0.2, 0) is 16.6 Å². The molecule has 0 aliphatic rings. The van der Waals surface area contributed by atoms with Crippen molar-refractivity contribution in [3.8, 4) is 11.5 Å². The molecule has 3 aromatic rings. The molecule has 3 rings (SSSR count). The Morgan fingerprint density at radius 3 is 2.43 bits per heavy atom. The smallest absolute Gasteiger partial charge is 0.276 e. The Morgan fingerprint density at radius 2 is 1.77 bits per heavy atom. The summed E-state index contributed by atoms with van der Waals surface area (Å²) in [5.41, 5.74) is 2.70. The number of nitrogens with zero attached hydrogens (tertiary/aromatic N) is 1. The normalized spacial score (nSPS) is 11.4. The molecule has 0 aliphatic carbocycles. The number of hydrogen-bond acceptors (Lipinski definition) is 5. The predicted octanol–water partition coefficient (Wildman–Crippen LogP) is 4.50. The zero-order valence-electron chi connectivity index (χ0n) is 16.5. The van der Waals surface area contributed by atoms with Crippen LogP contribution in [-0.4, -0.2) is 21.7 Å². The van der Waals surface area contributed by atoms with Crippen LogP contribution in [0, 0.1) is 10.5 Å². The maximum Gasteiger partial charge on any atom is 0.276 e. The fraction of sp³-hybridized carbons (Fsp3) is 0.136. The van der Waals surface area contributed by atoms with Gasteiger partial charge in [-0.15, -0.1) is 0 Å². The fourth-order valence-electron chi connectivity index (χ4n) is 2.62. The van der Waals surface area contributed by atoms with E-state index in [-0.39, 0.29) is 4.90 Å². The van der Waals surface area contributed by atoms with E-state index in [1.165, 1.54) is 18.3 Å². The third-order valence-corrected chi connectivity index (χ3v) is 6.24. The molecular formula is C22H21IN2O4S. The zero-order chi connectivity index (χ0) is 21.6. The molecule has 1 N–H and O–H groups in total. The van der Waals surface area contributed by atoms with Gasteiger partial charge in [0, 0.05) is 0 Å². The first-order valence-corrected chi connectivity index (χ1v) is 11.6. The summed E-state index contributed by atoms with van der Waals surface area (Å²) in [6.07, 6.45) is 1.43. The van der Waals surface area contributed by atoms with Gasteiger partial charge in [0.05, 0.1) is 21.8 Å². The number of hydrogen-bond donors (Lipinski definition) is 1. The van der Waals surface area contributed by atoms with Crippen LogP contribution in [0.25, 0.3) is 0 Å². The topological polar surface area (TPSA) is 77.0 Å². The number of methoxy groups -OCH3 is 1. The summed E-state index contributed by atoms with van der Waals surface area (Å²) in [6, 6.07) is 20.0. The minimum Gasteiger partial charge on any atom is -0.493 e. The quantitative estimate of drug-likeness (QED) is 0.261. The largest absolute Gasteiger partial charge is 0.493 e. The molecule has 0 aromatic heterocycles. The second-order valence-electron chi connectivity index (χ2n) is 6.47. The average Bonchev–Trinajstić information content (AvgIpc) is 2.73. The van der Waals surface area contributed by atoms with Crippen LogP contribution in [0.1, 0.15) is 16.7 Å². The van der Waals surface area contributed by atoms with Crippen LogP contribution in [0.5, 0.6) is 11.5 Å². The minimum atomic E-state index is -3.73. The van der Waals surface area contributed by atoms with E-state index in [2.05, 4.69) is 32.5 Å². The first-order valence-electron chi connectivity index (χ1n) is 9.05. The van der Waals surface area contributed by atoms with Gasteiger partial charge in [-0.3, -0.25) is 0 Å². The Balaban J connectivity index is 1.73. The summed E-state index contributed by atoms with van der Waals surface area (Å²) < 4.78 is 36.9. The Kier molecular flexibility index (Phi) is 7.33. The third kappa shape index (κ3) is 5.73. The van der Waals surface area contributed by atoms with Crippen molar-refractivity contribution < 1.29 is 17.9 Å². The molecule has 0 aliphatic heterocycles. The molecule has 0 saturated carbocycles. The summed E-state index contributed by atoms with van der Waals surface area (Å²) in [5.74, 6) is 1.17. The average molecular weight is 536 g/mol. The Morgan fingerprint density at radius 1 is 1.07 bits per heavy atom. The highest BCUT2D eigenvalue weighted by molar-refractivity contribution is 14.1. The molecule has 8 heteroatoms. The SMILES string of the molecule is COc1cc(/C=N\NS(=O)(=O)c2ccc(C)cc2)cc(I)c1OCc1ccccc1. The lowest BCUT2D eigenvalue weighted by molar-refractivity contribution is 0.282. The zero-order valence-corrected chi connectivity index (χ0v) is 19.5. The van der Waals surface area contributed by atoms with E-state index in [1.807, 2.05) is 43.3 Å². The summed E-state index contributed by atoms with van der Waals surface area (Å²) >= 11 is 2.15. The van der Waals surface area contributed by atoms with Crippen molar-refractivity contribution in [2.45, 2.75) is 18.4 Å². The Hall–Kier alpha value is -2.59. The fourth-order valence-corrected chi connectivity index (χ4v) is 4.20. The molecule has 0 atom stereocenters. The second kappa shape index (κ2) is 9.94. The van der Waals surface area contributed by atoms with Crippen molar-refractivity contribution in [3.63, 3.8) is 0 Å². The lowest BCUT2D eigenvalue weighted by atomic mass is 10.2. The summed E-state index contributed by atoms with van der Waals surface area (Å²) in [6.45, 7) is 2.31. The number of rotatable bonds is 8. The number of ether oxygens (including phenoxy) is 2. The van der Waals surface area contributed by atoms with Gasteiger partial charge >= 0.3 is 0 Å². The number of benzene rings is 3. The highest BCUT2D eigenvalue weighted by atomic mass is 127. The number of hydrazone groups is 1. The lowest BCUT2D eigenvalue weighted by Gasteiger charge is -2.13. The molecule has 0 saturated heterocycles. The minimum absolute atomic E-state index is 0.155. The molecule has 6 nitrogen and oxygen atoms in total. The second-order valence-corrected chi connectivity index (χ2v) is 9.30. The molecule has 30 heavy (non-hydrogen) atoms. The van der Waals surface area contributed by atoms with Crippen molar-refractivity contribution in [1.82, 2.24) is 4.83 Å². The van der Waals surface area contributed by atoms with E-state index < -0.39 is 10.0 Å². The van der Waals surface area contributed by atoms with Gasteiger partial charge in [-0.25, -0.2) is 4.83 Å². The number of halogens is 1. The molecular weight excluding hydrogens is 515 g/mol. The van der Waals surface area contributed by atoms with Crippen molar-refractivity contribution in [2.24, 2.45) is 5.10 Å². The van der Waals surface area contributed by atoms with Crippen LogP contribution < -0.4 is 14.3 Å². The molecule has 0 bridgehead atoms. The summed E-state index contributed by atoms with van der Waals surface area (Å²) in [7, 11) is -2.17. The molecule has 0 spiro atoms. The van der Waals surface area contributed by atoms with E-state index in [0.717, 1.165) is 14.7 Å². The lowest BCUT2D eigenvalue weighted by Crippen LogP contribution is -2.18. The van der Waals surface area contributed by atoms with Crippen LogP contribution in [0.2, 0.25) is 0 Å².